The number of aromatic hydroxyl groups is 1. The summed E-state index contributed by atoms with van der Waals surface area (Å²) in [5.41, 5.74) is 4.64. The third-order valence-electron chi connectivity index (χ3n) is 7.42. The molecule has 0 aromatic heterocycles. The molecule has 0 radical (unpaired) electrons. The Balaban J connectivity index is 1.63. The SMILES string of the molecule is COc1cc(I)cc(C(c2cc(C3C=CC(O)=CC3)ccc2O)C2C=C(C3=CCC(O)C=C3)C=CC2O)c1. The van der Waals surface area contributed by atoms with E-state index in [2.05, 4.69) is 34.7 Å². The van der Waals surface area contributed by atoms with Crippen molar-refractivity contribution in [3.8, 4) is 11.5 Å². The second-order valence-electron chi connectivity index (χ2n) is 9.92. The summed E-state index contributed by atoms with van der Waals surface area (Å²) in [7, 11) is 1.63. The van der Waals surface area contributed by atoms with Gasteiger partial charge in [-0.25, -0.2) is 0 Å². The number of hydrogen-bond donors (Lipinski definition) is 4. The smallest absolute Gasteiger partial charge is 0.120 e. The number of benzene rings is 2. The van der Waals surface area contributed by atoms with Gasteiger partial charge in [0, 0.05) is 26.9 Å². The molecule has 0 saturated carbocycles. The summed E-state index contributed by atoms with van der Waals surface area (Å²) in [6.45, 7) is 0. The van der Waals surface area contributed by atoms with Crippen LogP contribution in [0.15, 0.2) is 108 Å². The van der Waals surface area contributed by atoms with Gasteiger partial charge < -0.3 is 25.2 Å². The maximum atomic E-state index is 11.3. The average molecular weight is 622 g/mol. The summed E-state index contributed by atoms with van der Waals surface area (Å²) in [6, 6.07) is 11.6. The molecule has 5 atom stereocenters. The first-order valence-corrected chi connectivity index (χ1v) is 13.8. The lowest BCUT2D eigenvalue weighted by Gasteiger charge is -2.33. The van der Waals surface area contributed by atoms with E-state index in [9.17, 15) is 20.4 Å². The zero-order valence-corrected chi connectivity index (χ0v) is 23.2. The van der Waals surface area contributed by atoms with Crippen LogP contribution in [0.2, 0.25) is 0 Å². The second kappa shape index (κ2) is 11.4. The van der Waals surface area contributed by atoms with E-state index in [1.165, 1.54) is 0 Å². The largest absolute Gasteiger partial charge is 0.508 e. The minimum atomic E-state index is -0.774. The Morgan fingerprint density at radius 1 is 0.895 bits per heavy atom. The monoisotopic (exact) mass is 622 g/mol. The van der Waals surface area contributed by atoms with Gasteiger partial charge in [0.2, 0.25) is 0 Å². The van der Waals surface area contributed by atoms with E-state index in [-0.39, 0.29) is 29.3 Å². The molecule has 6 heteroatoms. The Labute approximate surface area is 236 Å². The summed E-state index contributed by atoms with van der Waals surface area (Å²) in [5, 5.41) is 42.1. The maximum absolute atomic E-state index is 11.3. The Hall–Kier alpha value is -3.07. The van der Waals surface area contributed by atoms with Gasteiger partial charge in [0.25, 0.3) is 0 Å². The van der Waals surface area contributed by atoms with Crippen molar-refractivity contribution < 1.29 is 25.2 Å². The summed E-state index contributed by atoms with van der Waals surface area (Å²) in [5.74, 6) is 0.460. The molecule has 5 nitrogen and oxygen atoms in total. The van der Waals surface area contributed by atoms with E-state index in [4.69, 9.17) is 4.74 Å². The van der Waals surface area contributed by atoms with Crippen LogP contribution in [-0.2, 0) is 0 Å². The molecule has 0 amide bonds. The van der Waals surface area contributed by atoms with Crippen LogP contribution in [-0.4, -0.2) is 39.7 Å². The number of aliphatic hydroxyl groups excluding tert-OH is 3. The zero-order chi connectivity index (χ0) is 26.8. The topological polar surface area (TPSA) is 90.2 Å². The summed E-state index contributed by atoms with van der Waals surface area (Å²) < 4.78 is 6.57. The van der Waals surface area contributed by atoms with Crippen LogP contribution >= 0.6 is 22.6 Å². The minimum absolute atomic E-state index is 0.0718. The standard InChI is InChI=1S/C32H31IO5/c1-38-27-15-23(14-24(33)18-27)32(28-16-21(6-12-30(28)36)19-2-8-25(34)9-3-19)29-17-22(7-13-31(29)37)20-4-10-26(35)11-5-20/h2-4,6-8,10-18,20,25,28,30,32,34-37H,5,9H2,1H3. The predicted molar refractivity (Wildman–Crippen MR) is 157 cm³/mol. The molecule has 0 fully saturated rings. The lowest BCUT2D eigenvalue weighted by Crippen LogP contribution is -2.27. The molecule has 0 heterocycles. The molecule has 2 aromatic carbocycles. The Kier molecular flexibility index (Phi) is 7.93. The average Bonchev–Trinajstić information content (AvgIpc) is 2.91. The first-order valence-electron chi connectivity index (χ1n) is 12.7. The van der Waals surface area contributed by atoms with Crippen LogP contribution in [0, 0.1) is 9.49 Å². The van der Waals surface area contributed by atoms with Crippen LogP contribution in [0.25, 0.3) is 0 Å². The second-order valence-corrected chi connectivity index (χ2v) is 11.2. The van der Waals surface area contributed by atoms with Gasteiger partial charge in [0.05, 0.1) is 19.3 Å². The van der Waals surface area contributed by atoms with Crippen molar-refractivity contribution in [2.45, 2.75) is 36.9 Å². The fourth-order valence-electron chi connectivity index (χ4n) is 5.40. The van der Waals surface area contributed by atoms with E-state index in [1.807, 2.05) is 48.6 Å². The molecular formula is C32H31IO5. The molecule has 0 saturated heterocycles. The quantitative estimate of drug-likeness (QED) is 0.283. The number of halogens is 1. The summed E-state index contributed by atoms with van der Waals surface area (Å²) in [6.07, 6.45) is 16.9. The number of phenolic OH excluding ortho intramolecular Hbond substituents is 1. The molecule has 2 aromatic rings. The number of rotatable bonds is 6. The number of allylic oxidation sites excluding steroid dienone is 7. The Bertz CT molecular complexity index is 1400. The van der Waals surface area contributed by atoms with E-state index < -0.39 is 12.2 Å². The highest BCUT2D eigenvalue weighted by atomic mass is 127. The summed E-state index contributed by atoms with van der Waals surface area (Å²) in [4.78, 5) is 0. The van der Waals surface area contributed by atoms with Crippen LogP contribution in [0.4, 0.5) is 0 Å². The molecule has 0 bridgehead atoms. The molecular weight excluding hydrogens is 591 g/mol. The van der Waals surface area contributed by atoms with E-state index in [1.54, 1.807) is 37.5 Å². The molecule has 5 rings (SSSR count). The van der Waals surface area contributed by atoms with Gasteiger partial charge in [-0.2, -0.15) is 0 Å². The van der Waals surface area contributed by atoms with E-state index >= 15 is 0 Å². The van der Waals surface area contributed by atoms with Gasteiger partial charge in [-0.15, -0.1) is 0 Å². The van der Waals surface area contributed by atoms with E-state index in [0.29, 0.717) is 18.6 Å². The highest BCUT2D eigenvalue weighted by Crippen LogP contribution is 2.44. The van der Waals surface area contributed by atoms with Crippen LogP contribution in [0.1, 0.15) is 41.4 Å². The zero-order valence-electron chi connectivity index (χ0n) is 21.0. The molecule has 0 spiro atoms. The summed E-state index contributed by atoms with van der Waals surface area (Å²) >= 11 is 2.26. The molecule has 38 heavy (non-hydrogen) atoms. The lowest BCUT2D eigenvalue weighted by molar-refractivity contribution is 0.164. The first-order chi connectivity index (χ1) is 18.3. The molecule has 5 unspecified atom stereocenters. The predicted octanol–water partition coefficient (Wildman–Crippen LogP) is 6.34. The van der Waals surface area contributed by atoms with Gasteiger partial charge in [0.15, 0.2) is 0 Å². The Morgan fingerprint density at radius 2 is 1.71 bits per heavy atom. The van der Waals surface area contributed by atoms with Crippen molar-refractivity contribution in [3.63, 3.8) is 0 Å². The maximum Gasteiger partial charge on any atom is 0.120 e. The highest BCUT2D eigenvalue weighted by molar-refractivity contribution is 14.1. The number of hydrogen-bond acceptors (Lipinski definition) is 5. The fourth-order valence-corrected chi connectivity index (χ4v) is 6.07. The van der Waals surface area contributed by atoms with Gasteiger partial charge in [-0.05, 0) is 94.1 Å². The highest BCUT2D eigenvalue weighted by Gasteiger charge is 2.33. The normalized spacial score (nSPS) is 25.4. The fraction of sp³-hybridized carbons (Fsp3) is 0.250. The molecule has 0 aliphatic heterocycles. The van der Waals surface area contributed by atoms with Crippen molar-refractivity contribution in [2.24, 2.45) is 5.92 Å². The van der Waals surface area contributed by atoms with Crippen molar-refractivity contribution in [2.75, 3.05) is 7.11 Å². The van der Waals surface area contributed by atoms with Crippen LogP contribution < -0.4 is 4.74 Å². The van der Waals surface area contributed by atoms with Crippen LogP contribution in [0.3, 0.4) is 0 Å². The van der Waals surface area contributed by atoms with Crippen LogP contribution in [0.5, 0.6) is 11.5 Å². The molecule has 3 aliphatic carbocycles. The lowest BCUT2D eigenvalue weighted by atomic mass is 9.73. The van der Waals surface area contributed by atoms with Crippen molar-refractivity contribution >= 4 is 22.6 Å². The first kappa shape index (κ1) is 26.5. The van der Waals surface area contributed by atoms with Gasteiger partial charge in [-0.3, -0.25) is 0 Å². The third-order valence-corrected chi connectivity index (χ3v) is 8.04. The van der Waals surface area contributed by atoms with Crippen molar-refractivity contribution in [1.82, 2.24) is 0 Å². The van der Waals surface area contributed by atoms with Gasteiger partial charge in [0.1, 0.15) is 17.3 Å². The number of phenols is 1. The molecule has 3 aliphatic rings. The van der Waals surface area contributed by atoms with Crippen molar-refractivity contribution in [3.05, 3.63) is 128 Å². The van der Waals surface area contributed by atoms with E-state index in [0.717, 1.165) is 31.4 Å². The van der Waals surface area contributed by atoms with Crippen molar-refractivity contribution in [1.29, 1.82) is 0 Å². The minimum Gasteiger partial charge on any atom is -0.508 e. The molecule has 196 valence electrons. The molecule has 4 N–H and O–H groups in total. The number of aliphatic hydroxyl groups is 3. The number of methoxy groups -OCH3 is 1. The van der Waals surface area contributed by atoms with Gasteiger partial charge in [-0.1, -0.05) is 54.7 Å². The third kappa shape index (κ3) is 5.67. The van der Waals surface area contributed by atoms with Gasteiger partial charge >= 0.3 is 0 Å². The number of ether oxygens (including phenoxy) is 1. The Morgan fingerprint density at radius 3 is 2.42 bits per heavy atom.